The second-order valence-corrected chi connectivity index (χ2v) is 6.71. The molecule has 0 unspecified atom stereocenters. The van der Waals surface area contributed by atoms with E-state index in [1.54, 1.807) is 0 Å². The fourth-order valence-electron chi connectivity index (χ4n) is 1.85. The van der Waals surface area contributed by atoms with Gasteiger partial charge in [0.2, 0.25) is 0 Å². The summed E-state index contributed by atoms with van der Waals surface area (Å²) in [6.07, 6.45) is 3.71. The smallest absolute Gasteiger partial charge is 0.344 e. The minimum absolute atomic E-state index is 0.256. The molecule has 0 N–H and O–H groups in total. The van der Waals surface area contributed by atoms with Crippen molar-refractivity contribution in [2.45, 2.75) is 32.6 Å². The Labute approximate surface area is 169 Å². The van der Waals surface area contributed by atoms with Crippen LogP contribution in [0.5, 0.6) is 5.75 Å². The Morgan fingerprint density at radius 1 is 0.846 bits per heavy atom. The normalized spacial score (nSPS) is 10.8. The molecule has 8 heteroatoms. The first kappa shape index (κ1) is 23.3. The van der Waals surface area contributed by atoms with Crippen molar-refractivity contribution in [3.8, 4) is 5.75 Å². The van der Waals surface area contributed by atoms with E-state index < -0.39 is 5.97 Å². The van der Waals surface area contributed by atoms with Crippen LogP contribution in [0.4, 0.5) is 0 Å². The summed E-state index contributed by atoms with van der Waals surface area (Å²) in [5.41, 5.74) is 0. The van der Waals surface area contributed by atoms with E-state index in [1.165, 1.54) is 12.1 Å². The number of halogens is 3. The van der Waals surface area contributed by atoms with E-state index in [0.29, 0.717) is 36.3 Å². The maximum atomic E-state index is 11.6. The molecule has 1 aromatic rings. The van der Waals surface area contributed by atoms with Crippen molar-refractivity contribution in [2.75, 3.05) is 39.6 Å². The summed E-state index contributed by atoms with van der Waals surface area (Å²) in [7, 11) is 0. The van der Waals surface area contributed by atoms with Gasteiger partial charge >= 0.3 is 5.97 Å². The maximum Gasteiger partial charge on any atom is 0.344 e. The van der Waals surface area contributed by atoms with Gasteiger partial charge in [0.1, 0.15) is 5.75 Å². The fraction of sp³-hybridized carbons (Fsp3) is 0.611. The van der Waals surface area contributed by atoms with Crippen molar-refractivity contribution in [3.05, 3.63) is 27.2 Å². The van der Waals surface area contributed by atoms with Crippen LogP contribution in [0.3, 0.4) is 0 Å². The van der Waals surface area contributed by atoms with E-state index in [1.807, 2.05) is 0 Å². The Bertz CT molecular complexity index is 540. The molecule has 0 aliphatic rings. The molecule has 148 valence electrons. The number of rotatable bonds is 14. The van der Waals surface area contributed by atoms with Crippen LogP contribution in [0.15, 0.2) is 12.1 Å². The van der Waals surface area contributed by atoms with Crippen LogP contribution in [-0.4, -0.2) is 45.6 Å². The lowest BCUT2D eigenvalue weighted by Crippen LogP contribution is -2.16. The van der Waals surface area contributed by atoms with Gasteiger partial charge in [0.15, 0.2) is 6.61 Å². The van der Waals surface area contributed by atoms with Gasteiger partial charge in [0, 0.05) is 38.9 Å². The first-order chi connectivity index (χ1) is 12.5. The predicted molar refractivity (Wildman–Crippen MR) is 104 cm³/mol. The summed E-state index contributed by atoms with van der Waals surface area (Å²) >= 11 is 17.7. The number of benzene rings is 1. The van der Waals surface area contributed by atoms with Crippen molar-refractivity contribution in [3.63, 3.8) is 0 Å². The van der Waals surface area contributed by atoms with Crippen molar-refractivity contribution in [1.29, 1.82) is 0 Å². The molecule has 0 spiro atoms. The van der Waals surface area contributed by atoms with Gasteiger partial charge in [-0.1, -0.05) is 48.1 Å². The highest BCUT2D eigenvalue weighted by molar-refractivity contribution is 6.43. The average Bonchev–Trinajstić information content (AvgIpc) is 2.61. The highest BCUT2D eigenvalue weighted by Gasteiger charge is 2.10. The van der Waals surface area contributed by atoms with Crippen LogP contribution >= 0.6 is 34.8 Å². The monoisotopic (exact) mass is 426 g/mol. The first-order valence-electron chi connectivity index (χ1n) is 8.63. The topological polar surface area (TPSA) is 54.0 Å². The Morgan fingerprint density at radius 3 is 2.08 bits per heavy atom. The summed E-state index contributed by atoms with van der Waals surface area (Å²) < 4.78 is 21.2. The third kappa shape index (κ3) is 10.4. The quantitative estimate of drug-likeness (QED) is 0.232. The highest BCUT2D eigenvalue weighted by Crippen LogP contribution is 2.33. The second-order valence-electron chi connectivity index (χ2n) is 5.49. The third-order valence-corrected chi connectivity index (χ3v) is 4.25. The summed E-state index contributed by atoms with van der Waals surface area (Å²) in [6.45, 7) is 4.83. The minimum atomic E-state index is -0.489. The molecule has 26 heavy (non-hydrogen) atoms. The lowest BCUT2D eigenvalue weighted by Gasteiger charge is -2.09. The highest BCUT2D eigenvalue weighted by atomic mass is 35.5. The number of carbonyl (C=O) groups excluding carboxylic acids is 1. The number of esters is 1. The number of ether oxygens (including phenoxy) is 4. The molecule has 0 fully saturated rings. The molecule has 0 radical (unpaired) electrons. The van der Waals surface area contributed by atoms with E-state index in [9.17, 15) is 4.79 Å². The number of unbranched alkanes of at least 4 members (excludes halogenated alkanes) is 1. The third-order valence-electron chi connectivity index (χ3n) is 3.24. The van der Waals surface area contributed by atoms with Gasteiger partial charge in [-0.3, -0.25) is 0 Å². The molecule has 1 rings (SSSR count). The predicted octanol–water partition coefficient (Wildman–Crippen LogP) is 5.18. The molecule has 5 nitrogen and oxygen atoms in total. The number of hydrogen-bond donors (Lipinski definition) is 0. The van der Waals surface area contributed by atoms with Gasteiger partial charge < -0.3 is 18.9 Å². The zero-order valence-corrected chi connectivity index (χ0v) is 17.2. The van der Waals surface area contributed by atoms with Crippen LogP contribution in [0.25, 0.3) is 0 Å². The molecule has 1 aromatic carbocycles. The molecule has 0 aliphatic heterocycles. The van der Waals surface area contributed by atoms with Crippen LogP contribution in [0.2, 0.25) is 15.1 Å². The van der Waals surface area contributed by atoms with Crippen LogP contribution in [0.1, 0.15) is 32.6 Å². The molecule has 0 aliphatic carbocycles. The van der Waals surface area contributed by atoms with Crippen LogP contribution < -0.4 is 4.74 Å². The van der Waals surface area contributed by atoms with E-state index in [0.717, 1.165) is 25.9 Å². The van der Waals surface area contributed by atoms with E-state index in [-0.39, 0.29) is 24.0 Å². The van der Waals surface area contributed by atoms with E-state index in [4.69, 9.17) is 53.8 Å². The van der Waals surface area contributed by atoms with Gasteiger partial charge in [-0.05, 0) is 18.9 Å². The zero-order chi connectivity index (χ0) is 19.2. The van der Waals surface area contributed by atoms with Gasteiger partial charge in [-0.2, -0.15) is 0 Å². The second kappa shape index (κ2) is 14.4. The molecule has 0 amide bonds. The van der Waals surface area contributed by atoms with Gasteiger partial charge in [-0.25, -0.2) is 4.79 Å². The van der Waals surface area contributed by atoms with Crippen LogP contribution in [0, 0.1) is 0 Å². The minimum Gasteiger partial charge on any atom is -0.480 e. The molecule has 0 heterocycles. The molecule has 0 atom stereocenters. The van der Waals surface area contributed by atoms with E-state index in [2.05, 4.69) is 6.92 Å². The lowest BCUT2D eigenvalue weighted by molar-refractivity contribution is -0.146. The van der Waals surface area contributed by atoms with Crippen molar-refractivity contribution in [1.82, 2.24) is 0 Å². The average molecular weight is 428 g/mol. The van der Waals surface area contributed by atoms with Gasteiger partial charge in [0.05, 0.1) is 21.7 Å². The number of hydrogen-bond acceptors (Lipinski definition) is 5. The first-order valence-corrected chi connectivity index (χ1v) is 9.76. The maximum absolute atomic E-state index is 11.6. The molecular formula is C18H25Cl3O5. The molecule has 0 aromatic heterocycles. The molecule has 0 saturated carbocycles. The summed E-state index contributed by atoms with van der Waals surface area (Å²) in [5, 5.41) is 0.894. The molecule has 0 saturated heterocycles. The SMILES string of the molecule is CCCCOCCCOCCCOC(=O)COc1cc(Cl)c(Cl)cc1Cl. The zero-order valence-electron chi connectivity index (χ0n) is 14.9. The summed E-state index contributed by atoms with van der Waals surface area (Å²) in [4.78, 5) is 11.6. The summed E-state index contributed by atoms with van der Waals surface area (Å²) in [6, 6.07) is 2.91. The molecule has 0 bridgehead atoms. The molecular weight excluding hydrogens is 403 g/mol. The Hall–Kier alpha value is -0.720. The Kier molecular flexibility index (Phi) is 12.9. The lowest BCUT2D eigenvalue weighted by atomic mass is 10.3. The summed E-state index contributed by atoms with van der Waals surface area (Å²) in [5.74, 6) is -0.209. The Balaban J connectivity index is 2.01. The van der Waals surface area contributed by atoms with Gasteiger partial charge in [0.25, 0.3) is 0 Å². The number of carbonyl (C=O) groups is 1. The van der Waals surface area contributed by atoms with Crippen molar-refractivity contribution in [2.24, 2.45) is 0 Å². The fourth-order valence-corrected chi connectivity index (χ4v) is 2.45. The standard InChI is InChI=1S/C18H25Cl3O5/c1-2-3-6-23-7-4-8-24-9-5-10-25-18(22)13-26-17-12-15(20)14(19)11-16(17)21/h11-12H,2-10,13H2,1H3. The van der Waals surface area contributed by atoms with E-state index >= 15 is 0 Å². The largest absolute Gasteiger partial charge is 0.480 e. The van der Waals surface area contributed by atoms with Crippen molar-refractivity contribution < 1.29 is 23.7 Å². The van der Waals surface area contributed by atoms with Gasteiger partial charge in [-0.15, -0.1) is 0 Å². The Morgan fingerprint density at radius 2 is 1.42 bits per heavy atom. The van der Waals surface area contributed by atoms with Crippen molar-refractivity contribution >= 4 is 40.8 Å². The van der Waals surface area contributed by atoms with Crippen LogP contribution in [-0.2, 0) is 19.0 Å².